The Morgan fingerprint density at radius 3 is 2.31 bits per heavy atom. The molecule has 198 valence electrons. The van der Waals surface area contributed by atoms with E-state index >= 15 is 0 Å². The van der Waals surface area contributed by atoms with Crippen LogP contribution in [0, 0.1) is 18.3 Å². The SMILES string of the molecule is C#Cc1ccc(C(C(=O)NCCCCC)N(CC=C)C(=O)C(CC(C)C)NC(=O)OC(C)(C)C)cc1. The lowest BCUT2D eigenvalue weighted by molar-refractivity contribution is -0.142. The van der Waals surface area contributed by atoms with E-state index in [9.17, 15) is 14.4 Å². The number of alkyl carbamates (subject to hydrolysis) is 1. The summed E-state index contributed by atoms with van der Waals surface area (Å²) >= 11 is 0. The minimum atomic E-state index is -0.918. The topological polar surface area (TPSA) is 87.7 Å². The largest absolute Gasteiger partial charge is 0.444 e. The van der Waals surface area contributed by atoms with Crippen molar-refractivity contribution in [1.29, 1.82) is 0 Å². The van der Waals surface area contributed by atoms with Crippen LogP contribution in [0.3, 0.4) is 0 Å². The molecule has 2 N–H and O–H groups in total. The van der Waals surface area contributed by atoms with Crippen molar-refractivity contribution in [2.24, 2.45) is 5.92 Å². The van der Waals surface area contributed by atoms with Crippen molar-refractivity contribution in [3.63, 3.8) is 0 Å². The van der Waals surface area contributed by atoms with E-state index in [-0.39, 0.29) is 24.3 Å². The Hall–Kier alpha value is -3.27. The van der Waals surface area contributed by atoms with E-state index < -0.39 is 23.8 Å². The van der Waals surface area contributed by atoms with Gasteiger partial charge in [-0.3, -0.25) is 9.59 Å². The van der Waals surface area contributed by atoms with Crippen molar-refractivity contribution < 1.29 is 19.1 Å². The fourth-order valence-corrected chi connectivity index (χ4v) is 3.72. The van der Waals surface area contributed by atoms with E-state index in [2.05, 4.69) is 30.1 Å². The highest BCUT2D eigenvalue weighted by Gasteiger charge is 2.36. The lowest BCUT2D eigenvalue weighted by atomic mass is 9.98. The summed E-state index contributed by atoms with van der Waals surface area (Å²) in [6.07, 6.45) is 9.64. The quantitative estimate of drug-likeness (QED) is 0.229. The van der Waals surface area contributed by atoms with Crippen LogP contribution in [0.15, 0.2) is 36.9 Å². The number of hydrogen-bond acceptors (Lipinski definition) is 4. The van der Waals surface area contributed by atoms with Crippen LogP contribution >= 0.6 is 0 Å². The van der Waals surface area contributed by atoms with Crippen LogP contribution in [0.1, 0.15) is 84.4 Å². The number of rotatable bonds is 13. The smallest absolute Gasteiger partial charge is 0.408 e. The molecular formula is C29H43N3O4. The zero-order valence-electron chi connectivity index (χ0n) is 22.7. The zero-order chi connectivity index (χ0) is 27.3. The first-order chi connectivity index (χ1) is 16.9. The highest BCUT2D eigenvalue weighted by atomic mass is 16.6. The predicted octanol–water partition coefficient (Wildman–Crippen LogP) is 4.97. The molecular weight excluding hydrogens is 454 g/mol. The Balaban J connectivity index is 3.38. The van der Waals surface area contributed by atoms with Gasteiger partial charge in [0.1, 0.15) is 17.7 Å². The molecule has 0 heterocycles. The summed E-state index contributed by atoms with van der Waals surface area (Å²) in [5.74, 6) is 2.00. The summed E-state index contributed by atoms with van der Waals surface area (Å²) in [6.45, 7) is 15.7. The molecule has 0 aliphatic rings. The first-order valence-corrected chi connectivity index (χ1v) is 12.7. The third-order valence-electron chi connectivity index (χ3n) is 5.34. The highest BCUT2D eigenvalue weighted by molar-refractivity contribution is 5.92. The fourth-order valence-electron chi connectivity index (χ4n) is 3.72. The number of nitrogens with zero attached hydrogens (tertiary/aromatic N) is 1. The normalized spacial score (nSPS) is 12.7. The van der Waals surface area contributed by atoms with Gasteiger partial charge in [0.2, 0.25) is 11.8 Å². The van der Waals surface area contributed by atoms with Gasteiger partial charge in [0.15, 0.2) is 0 Å². The molecule has 7 heteroatoms. The van der Waals surface area contributed by atoms with Gasteiger partial charge in [-0.05, 0) is 57.2 Å². The van der Waals surface area contributed by atoms with Gasteiger partial charge in [-0.1, -0.05) is 57.7 Å². The van der Waals surface area contributed by atoms with E-state index in [1.807, 2.05) is 13.8 Å². The van der Waals surface area contributed by atoms with Gasteiger partial charge in [-0.25, -0.2) is 4.79 Å². The molecule has 1 aromatic rings. The monoisotopic (exact) mass is 497 g/mol. The van der Waals surface area contributed by atoms with Crippen molar-refractivity contribution in [2.45, 2.75) is 84.9 Å². The standard InChI is InChI=1S/C29H43N3O4/c1-9-12-13-18-30-26(33)25(23-16-14-22(11-3)15-17-23)32(19-10-2)27(34)24(20-21(4)5)31-28(35)36-29(6,7)8/h3,10,14-17,21,24-25H,2,9,12-13,18-20H2,1,4-8H3,(H,30,33)(H,31,35). The van der Waals surface area contributed by atoms with Gasteiger partial charge in [-0.2, -0.15) is 0 Å². The molecule has 2 unspecified atom stereocenters. The molecule has 0 spiro atoms. The number of carbonyl (C=O) groups is 3. The van der Waals surface area contributed by atoms with Gasteiger partial charge in [0, 0.05) is 18.7 Å². The maximum atomic E-state index is 13.9. The number of terminal acetylenes is 1. The van der Waals surface area contributed by atoms with Crippen LogP contribution in [0.2, 0.25) is 0 Å². The van der Waals surface area contributed by atoms with E-state index in [0.717, 1.165) is 19.3 Å². The van der Waals surface area contributed by atoms with E-state index in [1.54, 1.807) is 51.1 Å². The molecule has 0 aromatic heterocycles. The Morgan fingerprint density at radius 1 is 1.17 bits per heavy atom. The Kier molecular flexibility index (Phi) is 12.8. The predicted molar refractivity (Wildman–Crippen MR) is 144 cm³/mol. The first-order valence-electron chi connectivity index (χ1n) is 12.7. The van der Waals surface area contributed by atoms with Gasteiger partial charge in [0.05, 0.1) is 0 Å². The summed E-state index contributed by atoms with van der Waals surface area (Å²) in [5.41, 5.74) is 0.584. The zero-order valence-corrected chi connectivity index (χ0v) is 22.7. The van der Waals surface area contributed by atoms with Crippen molar-refractivity contribution in [3.05, 3.63) is 48.0 Å². The average molecular weight is 498 g/mol. The fraction of sp³-hybridized carbons (Fsp3) is 0.552. The van der Waals surface area contributed by atoms with Gasteiger partial charge in [0.25, 0.3) is 0 Å². The van der Waals surface area contributed by atoms with Crippen molar-refractivity contribution in [1.82, 2.24) is 15.5 Å². The Labute approximate surface area is 217 Å². The molecule has 7 nitrogen and oxygen atoms in total. The van der Waals surface area contributed by atoms with Crippen LogP contribution in [0.4, 0.5) is 4.79 Å². The molecule has 1 rings (SSSR count). The molecule has 1 aromatic carbocycles. The number of carbonyl (C=O) groups excluding carboxylic acids is 3. The summed E-state index contributed by atoms with van der Waals surface area (Å²) < 4.78 is 5.39. The van der Waals surface area contributed by atoms with Crippen LogP contribution in [-0.2, 0) is 14.3 Å². The molecule has 2 atom stereocenters. The molecule has 0 saturated carbocycles. The molecule has 0 radical (unpaired) electrons. The summed E-state index contributed by atoms with van der Waals surface area (Å²) in [6, 6.07) is 5.21. The van der Waals surface area contributed by atoms with Gasteiger partial charge in [-0.15, -0.1) is 13.0 Å². The molecule has 36 heavy (non-hydrogen) atoms. The maximum absolute atomic E-state index is 13.9. The second kappa shape index (κ2) is 15.0. The van der Waals surface area contributed by atoms with Crippen LogP contribution in [0.5, 0.6) is 0 Å². The maximum Gasteiger partial charge on any atom is 0.408 e. The molecule has 0 aliphatic heterocycles. The minimum absolute atomic E-state index is 0.107. The number of benzene rings is 1. The van der Waals surface area contributed by atoms with Gasteiger partial charge >= 0.3 is 6.09 Å². The number of amides is 3. The lowest BCUT2D eigenvalue weighted by Gasteiger charge is -2.34. The first kappa shape index (κ1) is 30.8. The summed E-state index contributed by atoms with van der Waals surface area (Å²) in [4.78, 5) is 41.3. The lowest BCUT2D eigenvalue weighted by Crippen LogP contribution is -2.53. The second-order valence-electron chi connectivity index (χ2n) is 10.3. The molecule has 0 aliphatic carbocycles. The number of unbranched alkanes of at least 4 members (excludes halogenated alkanes) is 2. The van der Waals surface area contributed by atoms with E-state index in [0.29, 0.717) is 24.1 Å². The van der Waals surface area contributed by atoms with Crippen LogP contribution in [-0.4, -0.2) is 47.5 Å². The van der Waals surface area contributed by atoms with Crippen LogP contribution < -0.4 is 10.6 Å². The summed E-state index contributed by atoms with van der Waals surface area (Å²) in [5, 5.41) is 5.69. The average Bonchev–Trinajstić information content (AvgIpc) is 2.79. The molecule has 0 bridgehead atoms. The highest BCUT2D eigenvalue weighted by Crippen LogP contribution is 2.24. The third-order valence-corrected chi connectivity index (χ3v) is 5.34. The van der Waals surface area contributed by atoms with Crippen molar-refractivity contribution in [2.75, 3.05) is 13.1 Å². The van der Waals surface area contributed by atoms with Crippen molar-refractivity contribution in [3.8, 4) is 12.3 Å². The number of nitrogens with one attached hydrogen (secondary N) is 2. The number of hydrogen-bond donors (Lipinski definition) is 2. The third kappa shape index (κ3) is 10.6. The summed E-state index contributed by atoms with van der Waals surface area (Å²) in [7, 11) is 0. The molecule has 3 amide bonds. The van der Waals surface area contributed by atoms with Gasteiger partial charge < -0.3 is 20.3 Å². The molecule has 0 saturated heterocycles. The second-order valence-corrected chi connectivity index (χ2v) is 10.3. The van der Waals surface area contributed by atoms with Crippen molar-refractivity contribution >= 4 is 17.9 Å². The van der Waals surface area contributed by atoms with E-state index in [4.69, 9.17) is 11.2 Å². The Morgan fingerprint density at radius 2 is 1.81 bits per heavy atom. The minimum Gasteiger partial charge on any atom is -0.444 e. The number of ether oxygens (including phenoxy) is 1. The Bertz CT molecular complexity index is 910. The van der Waals surface area contributed by atoms with E-state index in [1.165, 1.54) is 4.90 Å². The van der Waals surface area contributed by atoms with Crippen LogP contribution in [0.25, 0.3) is 0 Å². The molecule has 0 fully saturated rings.